The Kier molecular flexibility index (Phi) is 4.18. The lowest BCUT2D eigenvalue weighted by molar-refractivity contribution is 0.202. The highest BCUT2D eigenvalue weighted by atomic mass is 35.5. The molecule has 0 amide bonds. The molecule has 2 aromatic rings. The van der Waals surface area contributed by atoms with Gasteiger partial charge in [-0.3, -0.25) is 4.90 Å². The summed E-state index contributed by atoms with van der Waals surface area (Å²) in [6, 6.07) is 2.30. The van der Waals surface area contributed by atoms with E-state index >= 15 is 0 Å². The van der Waals surface area contributed by atoms with Crippen LogP contribution in [0.3, 0.4) is 0 Å². The van der Waals surface area contributed by atoms with Crippen LogP contribution < -0.4 is 0 Å². The molecule has 6 heteroatoms. The van der Waals surface area contributed by atoms with E-state index in [-0.39, 0.29) is 0 Å². The second-order valence-electron chi connectivity index (χ2n) is 5.26. The SMILES string of the molecule is CC1SCCN(Cc2cn3cc(Cl)cc(Cl)c3n2)C1C. The van der Waals surface area contributed by atoms with E-state index in [2.05, 4.69) is 23.7 Å². The largest absolute Gasteiger partial charge is 0.304 e. The molecular formula is C14H17Cl2N3S. The Bertz CT molecular complexity index is 628. The van der Waals surface area contributed by atoms with Crippen LogP contribution in [0, 0.1) is 0 Å². The number of nitrogens with zero attached hydrogens (tertiary/aromatic N) is 3. The average Bonchev–Trinajstić information content (AvgIpc) is 2.78. The molecule has 0 saturated carbocycles. The molecule has 2 unspecified atom stereocenters. The van der Waals surface area contributed by atoms with E-state index in [1.165, 1.54) is 5.75 Å². The number of aromatic nitrogens is 2. The maximum absolute atomic E-state index is 6.19. The zero-order chi connectivity index (χ0) is 14.3. The first-order valence-electron chi connectivity index (χ1n) is 6.73. The monoisotopic (exact) mass is 329 g/mol. The minimum absolute atomic E-state index is 0.567. The predicted octanol–water partition coefficient (Wildman–Crippen LogP) is 3.97. The number of hydrogen-bond donors (Lipinski definition) is 0. The van der Waals surface area contributed by atoms with Gasteiger partial charge in [0.2, 0.25) is 0 Å². The van der Waals surface area contributed by atoms with Crippen LogP contribution in [0.4, 0.5) is 0 Å². The van der Waals surface area contributed by atoms with Crippen molar-refractivity contribution in [2.24, 2.45) is 0 Å². The minimum atomic E-state index is 0.567. The van der Waals surface area contributed by atoms with Gasteiger partial charge in [0.1, 0.15) is 0 Å². The number of thioether (sulfide) groups is 1. The van der Waals surface area contributed by atoms with Crippen LogP contribution in [0.25, 0.3) is 5.65 Å². The molecule has 0 bridgehead atoms. The lowest BCUT2D eigenvalue weighted by Crippen LogP contribution is -2.44. The fraction of sp³-hybridized carbons (Fsp3) is 0.500. The van der Waals surface area contributed by atoms with Crippen molar-refractivity contribution in [3.8, 4) is 0 Å². The van der Waals surface area contributed by atoms with E-state index in [0.29, 0.717) is 21.3 Å². The third-order valence-electron chi connectivity index (χ3n) is 3.90. The van der Waals surface area contributed by atoms with Gasteiger partial charge in [0.05, 0.1) is 15.7 Å². The molecule has 0 aliphatic carbocycles. The molecule has 1 aliphatic rings. The number of hydrogen-bond acceptors (Lipinski definition) is 3. The molecule has 2 aromatic heterocycles. The van der Waals surface area contributed by atoms with Crippen LogP contribution in [0.2, 0.25) is 10.0 Å². The number of pyridine rings is 1. The third-order valence-corrected chi connectivity index (χ3v) is 5.73. The summed E-state index contributed by atoms with van der Waals surface area (Å²) in [5.41, 5.74) is 1.82. The Morgan fingerprint density at radius 2 is 2.15 bits per heavy atom. The Labute approximate surface area is 133 Å². The topological polar surface area (TPSA) is 20.5 Å². The van der Waals surface area contributed by atoms with E-state index in [1.54, 1.807) is 6.07 Å². The highest BCUT2D eigenvalue weighted by Crippen LogP contribution is 2.26. The van der Waals surface area contributed by atoms with E-state index in [1.807, 2.05) is 28.6 Å². The zero-order valence-electron chi connectivity index (χ0n) is 11.5. The van der Waals surface area contributed by atoms with Crippen molar-refractivity contribution < 1.29 is 0 Å². The molecule has 0 spiro atoms. The molecule has 0 aromatic carbocycles. The van der Waals surface area contributed by atoms with Crippen LogP contribution in [0.15, 0.2) is 18.5 Å². The lowest BCUT2D eigenvalue weighted by Gasteiger charge is -2.36. The van der Waals surface area contributed by atoms with Gasteiger partial charge in [-0.2, -0.15) is 11.8 Å². The van der Waals surface area contributed by atoms with Crippen molar-refractivity contribution in [3.63, 3.8) is 0 Å². The quantitative estimate of drug-likeness (QED) is 0.831. The predicted molar refractivity (Wildman–Crippen MR) is 87.0 cm³/mol. The molecule has 2 atom stereocenters. The maximum Gasteiger partial charge on any atom is 0.156 e. The summed E-state index contributed by atoms with van der Waals surface area (Å²) in [7, 11) is 0. The van der Waals surface area contributed by atoms with Crippen LogP contribution >= 0.6 is 35.0 Å². The Morgan fingerprint density at radius 3 is 2.95 bits per heavy atom. The summed E-state index contributed by atoms with van der Waals surface area (Å²) in [4.78, 5) is 7.12. The molecule has 3 heterocycles. The zero-order valence-corrected chi connectivity index (χ0v) is 13.8. The lowest BCUT2D eigenvalue weighted by atomic mass is 10.2. The van der Waals surface area contributed by atoms with Gasteiger partial charge < -0.3 is 4.40 Å². The molecular weight excluding hydrogens is 313 g/mol. The Balaban J connectivity index is 1.86. The third kappa shape index (κ3) is 2.80. The van der Waals surface area contributed by atoms with Crippen molar-refractivity contribution in [1.29, 1.82) is 0 Å². The van der Waals surface area contributed by atoms with Crippen molar-refractivity contribution in [2.75, 3.05) is 12.3 Å². The Morgan fingerprint density at radius 1 is 1.35 bits per heavy atom. The fourth-order valence-electron chi connectivity index (χ4n) is 2.58. The van der Waals surface area contributed by atoms with Crippen molar-refractivity contribution >= 4 is 40.6 Å². The second kappa shape index (κ2) is 5.76. The van der Waals surface area contributed by atoms with Gasteiger partial charge in [0.25, 0.3) is 0 Å². The first-order valence-corrected chi connectivity index (χ1v) is 8.53. The highest BCUT2D eigenvalue weighted by molar-refractivity contribution is 8.00. The molecule has 3 nitrogen and oxygen atoms in total. The summed E-state index contributed by atoms with van der Waals surface area (Å²) in [6.07, 6.45) is 3.86. The number of fused-ring (bicyclic) bond motifs is 1. The van der Waals surface area contributed by atoms with Gasteiger partial charge in [-0.15, -0.1) is 0 Å². The summed E-state index contributed by atoms with van der Waals surface area (Å²) in [5.74, 6) is 1.19. The fourth-order valence-corrected chi connectivity index (χ4v) is 4.27. The van der Waals surface area contributed by atoms with E-state index in [4.69, 9.17) is 23.2 Å². The summed E-state index contributed by atoms with van der Waals surface area (Å²) in [5, 5.41) is 1.89. The second-order valence-corrected chi connectivity index (χ2v) is 7.59. The van der Waals surface area contributed by atoms with Crippen LogP contribution in [0.5, 0.6) is 0 Å². The molecule has 108 valence electrons. The molecule has 1 fully saturated rings. The number of rotatable bonds is 2. The number of imidazole rings is 1. The normalized spacial score (nSPS) is 24.4. The van der Waals surface area contributed by atoms with Crippen molar-refractivity contribution in [3.05, 3.63) is 34.2 Å². The molecule has 1 saturated heterocycles. The van der Waals surface area contributed by atoms with Crippen LogP contribution in [0.1, 0.15) is 19.5 Å². The highest BCUT2D eigenvalue weighted by Gasteiger charge is 2.25. The van der Waals surface area contributed by atoms with Crippen LogP contribution in [-0.4, -0.2) is 37.9 Å². The van der Waals surface area contributed by atoms with Gasteiger partial charge >= 0.3 is 0 Å². The number of halogens is 2. The molecule has 0 radical (unpaired) electrons. The van der Waals surface area contributed by atoms with Gasteiger partial charge in [0, 0.05) is 42.5 Å². The summed E-state index contributed by atoms with van der Waals surface area (Å²) < 4.78 is 1.91. The Hall–Kier alpha value is -0.420. The first-order chi connectivity index (χ1) is 9.54. The molecule has 0 N–H and O–H groups in total. The smallest absolute Gasteiger partial charge is 0.156 e. The van der Waals surface area contributed by atoms with E-state index in [9.17, 15) is 0 Å². The molecule has 1 aliphatic heterocycles. The minimum Gasteiger partial charge on any atom is -0.304 e. The van der Waals surface area contributed by atoms with Crippen molar-refractivity contribution in [1.82, 2.24) is 14.3 Å². The van der Waals surface area contributed by atoms with Crippen LogP contribution in [-0.2, 0) is 6.54 Å². The molecule has 3 rings (SSSR count). The summed E-state index contributed by atoms with van der Waals surface area (Å²) >= 11 is 14.3. The summed E-state index contributed by atoms with van der Waals surface area (Å²) in [6.45, 7) is 6.55. The molecule has 20 heavy (non-hydrogen) atoms. The maximum atomic E-state index is 6.19. The van der Waals surface area contributed by atoms with Gasteiger partial charge in [-0.25, -0.2) is 4.98 Å². The average molecular weight is 330 g/mol. The standard InChI is InChI=1S/C14H17Cl2N3S/c1-9-10(2)20-4-3-18(9)7-12-8-19-6-11(15)5-13(16)14(19)17-12/h5-6,8-10H,3-4,7H2,1-2H3. The van der Waals surface area contributed by atoms with E-state index < -0.39 is 0 Å². The van der Waals surface area contributed by atoms with E-state index in [0.717, 1.165) is 24.4 Å². The van der Waals surface area contributed by atoms with Gasteiger partial charge in [0.15, 0.2) is 5.65 Å². The van der Waals surface area contributed by atoms with Crippen molar-refractivity contribution in [2.45, 2.75) is 31.7 Å². The first kappa shape index (κ1) is 14.5. The van der Waals surface area contributed by atoms with Gasteiger partial charge in [-0.1, -0.05) is 30.1 Å². The van der Waals surface area contributed by atoms with Gasteiger partial charge in [-0.05, 0) is 13.0 Å².